The lowest BCUT2D eigenvalue weighted by Crippen LogP contribution is -2.38. The van der Waals surface area contributed by atoms with E-state index in [-0.39, 0.29) is 0 Å². The van der Waals surface area contributed by atoms with Crippen molar-refractivity contribution in [3.8, 4) is 0 Å². The number of guanidine groups is 1. The zero-order valence-electron chi connectivity index (χ0n) is 13.2. The number of benzene rings is 2. The lowest BCUT2D eigenvalue weighted by Gasteiger charge is -2.27. The Labute approximate surface area is 151 Å². The highest BCUT2D eigenvalue weighted by atomic mass is 35.5. The first-order valence-electron chi connectivity index (χ1n) is 7.79. The highest BCUT2D eigenvalue weighted by Crippen LogP contribution is 2.18. The van der Waals surface area contributed by atoms with Crippen molar-refractivity contribution in [3.05, 3.63) is 65.2 Å². The third kappa shape index (κ3) is 4.30. The fourth-order valence-corrected chi connectivity index (χ4v) is 3.52. The molecule has 3 rings (SSSR count). The number of nitrogens with zero attached hydrogens (tertiary/aromatic N) is 3. The second kappa shape index (κ2) is 8.22. The molecule has 1 fully saturated rings. The number of thioether (sulfide) groups is 1. The molecule has 0 saturated carbocycles. The van der Waals surface area contributed by atoms with Crippen LogP contribution in [0.4, 0.5) is 5.69 Å². The standard InChI is InChI=1S/C18H19ClN4S/c19-16-9-5-4-8-15(16)17(20)22-18(23-10-12-24-13-11-23)21-14-6-2-1-3-7-14/h1-9H,10-13H2,(H2,20,21,22). The van der Waals surface area contributed by atoms with Crippen molar-refractivity contribution in [1.82, 2.24) is 4.90 Å². The minimum atomic E-state index is 0.383. The van der Waals surface area contributed by atoms with E-state index in [0.717, 1.165) is 35.8 Å². The van der Waals surface area contributed by atoms with Crippen LogP contribution in [0.2, 0.25) is 5.02 Å². The second-order valence-corrected chi connectivity index (χ2v) is 6.96. The highest BCUT2D eigenvalue weighted by Gasteiger charge is 2.16. The summed E-state index contributed by atoms with van der Waals surface area (Å²) in [5.74, 6) is 3.15. The van der Waals surface area contributed by atoms with Crippen molar-refractivity contribution in [3.63, 3.8) is 0 Å². The number of nitrogens with two attached hydrogens (primary N) is 1. The van der Waals surface area contributed by atoms with Crippen molar-refractivity contribution in [2.45, 2.75) is 0 Å². The highest BCUT2D eigenvalue weighted by molar-refractivity contribution is 7.99. The Morgan fingerprint density at radius 3 is 2.38 bits per heavy atom. The summed E-state index contributed by atoms with van der Waals surface area (Å²) in [7, 11) is 0. The predicted octanol–water partition coefficient (Wildman–Crippen LogP) is 3.78. The molecule has 24 heavy (non-hydrogen) atoms. The van der Waals surface area contributed by atoms with E-state index in [2.05, 4.69) is 9.89 Å². The lowest BCUT2D eigenvalue weighted by molar-refractivity contribution is 0.458. The van der Waals surface area contributed by atoms with E-state index in [4.69, 9.17) is 22.3 Å². The van der Waals surface area contributed by atoms with Crippen LogP contribution in [0.1, 0.15) is 5.56 Å². The topological polar surface area (TPSA) is 54.0 Å². The number of hydrogen-bond donors (Lipinski definition) is 1. The zero-order valence-corrected chi connectivity index (χ0v) is 14.8. The number of aliphatic imine (C=N–C) groups is 2. The summed E-state index contributed by atoms with van der Waals surface area (Å²) in [5.41, 5.74) is 7.80. The van der Waals surface area contributed by atoms with Gasteiger partial charge in [0.15, 0.2) is 0 Å². The maximum atomic E-state index is 6.23. The summed E-state index contributed by atoms with van der Waals surface area (Å²) in [6, 6.07) is 17.3. The van der Waals surface area contributed by atoms with Gasteiger partial charge in [-0.05, 0) is 24.3 Å². The largest absolute Gasteiger partial charge is 0.383 e. The average Bonchev–Trinajstić information content (AvgIpc) is 2.63. The summed E-state index contributed by atoms with van der Waals surface area (Å²) >= 11 is 8.17. The molecule has 0 amide bonds. The minimum absolute atomic E-state index is 0.383. The first kappa shape index (κ1) is 16.9. The fourth-order valence-electron chi connectivity index (χ4n) is 2.38. The van der Waals surface area contributed by atoms with Gasteiger partial charge in [0, 0.05) is 30.2 Å². The second-order valence-electron chi connectivity index (χ2n) is 5.32. The smallest absolute Gasteiger partial charge is 0.227 e. The summed E-state index contributed by atoms with van der Waals surface area (Å²) < 4.78 is 0. The van der Waals surface area contributed by atoms with Crippen molar-refractivity contribution < 1.29 is 0 Å². The van der Waals surface area contributed by atoms with E-state index >= 15 is 0 Å². The van der Waals surface area contributed by atoms with Crippen LogP contribution in [0, 0.1) is 0 Å². The Morgan fingerprint density at radius 1 is 1.00 bits per heavy atom. The van der Waals surface area contributed by atoms with Crippen LogP contribution in [0.3, 0.4) is 0 Å². The van der Waals surface area contributed by atoms with Gasteiger partial charge in [-0.3, -0.25) is 0 Å². The molecule has 0 bridgehead atoms. The first-order valence-corrected chi connectivity index (χ1v) is 9.33. The van der Waals surface area contributed by atoms with E-state index < -0.39 is 0 Å². The maximum absolute atomic E-state index is 6.23. The van der Waals surface area contributed by atoms with Crippen molar-refractivity contribution >= 4 is 40.8 Å². The SMILES string of the molecule is N/C(=N\C(=Nc1ccccc1)N1CCSCC1)c1ccccc1Cl. The Kier molecular flexibility index (Phi) is 5.77. The van der Waals surface area contributed by atoms with E-state index in [1.807, 2.05) is 66.4 Å². The van der Waals surface area contributed by atoms with Crippen LogP contribution in [0.15, 0.2) is 64.6 Å². The maximum Gasteiger partial charge on any atom is 0.227 e. The van der Waals surface area contributed by atoms with Gasteiger partial charge < -0.3 is 10.6 Å². The molecular formula is C18H19ClN4S. The molecule has 1 saturated heterocycles. The van der Waals surface area contributed by atoms with Crippen LogP contribution < -0.4 is 5.73 Å². The average molecular weight is 359 g/mol. The molecular weight excluding hydrogens is 340 g/mol. The predicted molar refractivity (Wildman–Crippen MR) is 105 cm³/mol. The normalized spacial score (nSPS) is 16.3. The summed E-state index contributed by atoms with van der Waals surface area (Å²) in [6.07, 6.45) is 0. The van der Waals surface area contributed by atoms with Crippen LogP contribution in [0.5, 0.6) is 0 Å². The monoisotopic (exact) mass is 358 g/mol. The molecule has 2 N–H and O–H groups in total. The Hall–Kier alpha value is -1.98. The van der Waals surface area contributed by atoms with Gasteiger partial charge in [-0.1, -0.05) is 41.9 Å². The number of hydrogen-bond acceptors (Lipinski definition) is 2. The number of para-hydroxylation sites is 1. The number of amidine groups is 1. The van der Waals surface area contributed by atoms with E-state index in [0.29, 0.717) is 16.8 Å². The molecule has 6 heteroatoms. The van der Waals surface area contributed by atoms with Gasteiger partial charge in [0.1, 0.15) is 5.84 Å². The minimum Gasteiger partial charge on any atom is -0.383 e. The van der Waals surface area contributed by atoms with Gasteiger partial charge in [0.2, 0.25) is 5.96 Å². The first-order chi connectivity index (χ1) is 11.7. The molecule has 0 atom stereocenters. The van der Waals surface area contributed by atoms with Crippen LogP contribution >= 0.6 is 23.4 Å². The van der Waals surface area contributed by atoms with E-state index in [9.17, 15) is 0 Å². The van der Waals surface area contributed by atoms with Gasteiger partial charge in [0.05, 0.1) is 10.7 Å². The van der Waals surface area contributed by atoms with Crippen molar-refractivity contribution in [1.29, 1.82) is 0 Å². The van der Waals surface area contributed by atoms with Crippen molar-refractivity contribution in [2.75, 3.05) is 24.6 Å². The molecule has 124 valence electrons. The van der Waals surface area contributed by atoms with Gasteiger partial charge in [0.25, 0.3) is 0 Å². The molecule has 0 radical (unpaired) electrons. The van der Waals surface area contributed by atoms with Gasteiger partial charge in [-0.2, -0.15) is 16.8 Å². The molecule has 0 spiro atoms. The molecule has 0 unspecified atom stereocenters. The van der Waals surface area contributed by atoms with E-state index in [1.165, 1.54) is 0 Å². The van der Waals surface area contributed by atoms with Gasteiger partial charge in [-0.15, -0.1) is 0 Å². The third-order valence-electron chi connectivity index (χ3n) is 3.65. The number of halogens is 1. The quantitative estimate of drug-likeness (QED) is 0.656. The molecule has 0 aromatic heterocycles. The van der Waals surface area contributed by atoms with Gasteiger partial charge in [-0.25, -0.2) is 4.99 Å². The Bertz CT molecular complexity index is 740. The third-order valence-corrected chi connectivity index (χ3v) is 4.92. The summed E-state index contributed by atoms with van der Waals surface area (Å²) in [5, 5.41) is 0.590. The van der Waals surface area contributed by atoms with Crippen LogP contribution in [0.25, 0.3) is 0 Å². The zero-order chi connectivity index (χ0) is 16.8. The molecule has 4 nitrogen and oxygen atoms in total. The lowest BCUT2D eigenvalue weighted by atomic mass is 10.2. The fraction of sp³-hybridized carbons (Fsp3) is 0.222. The molecule has 1 aliphatic heterocycles. The van der Waals surface area contributed by atoms with Crippen LogP contribution in [-0.2, 0) is 0 Å². The Morgan fingerprint density at radius 2 is 1.67 bits per heavy atom. The van der Waals surface area contributed by atoms with Gasteiger partial charge >= 0.3 is 0 Å². The molecule has 1 aliphatic rings. The Balaban J connectivity index is 1.96. The molecule has 2 aromatic carbocycles. The van der Waals surface area contributed by atoms with Crippen LogP contribution in [-0.4, -0.2) is 41.3 Å². The summed E-state index contributed by atoms with van der Waals surface area (Å²) in [4.78, 5) is 11.5. The molecule has 2 aromatic rings. The summed E-state index contributed by atoms with van der Waals surface area (Å²) in [6.45, 7) is 1.82. The van der Waals surface area contributed by atoms with E-state index in [1.54, 1.807) is 0 Å². The number of rotatable bonds is 2. The van der Waals surface area contributed by atoms with Crippen molar-refractivity contribution in [2.24, 2.45) is 15.7 Å². The molecule has 0 aliphatic carbocycles. The molecule has 1 heterocycles.